The molecule has 100 valence electrons. The zero-order valence-electron chi connectivity index (χ0n) is 9.99. The van der Waals surface area contributed by atoms with Crippen LogP contribution in [-0.4, -0.2) is 17.9 Å². The number of amides is 1. The van der Waals surface area contributed by atoms with E-state index in [9.17, 15) is 4.79 Å². The van der Waals surface area contributed by atoms with Crippen molar-refractivity contribution in [3.05, 3.63) is 55.8 Å². The van der Waals surface area contributed by atoms with Crippen LogP contribution in [0.25, 0.3) is 0 Å². The first kappa shape index (κ1) is 14.6. The van der Waals surface area contributed by atoms with E-state index in [1.165, 1.54) is 0 Å². The molecule has 0 spiro atoms. The molecule has 0 aliphatic heterocycles. The number of benzene rings is 1. The summed E-state index contributed by atoms with van der Waals surface area (Å²) in [7, 11) is 1.72. The number of hydrogen-bond donors (Lipinski definition) is 0. The SMILES string of the molecule is CN(Cc1ccc(Br)o1)C(=O)c1ccc(Cl)cc1Br. The van der Waals surface area contributed by atoms with Gasteiger partial charge in [0.15, 0.2) is 4.67 Å². The summed E-state index contributed by atoms with van der Waals surface area (Å²) in [5.74, 6) is 0.615. The number of nitrogens with zero attached hydrogens (tertiary/aromatic N) is 1. The summed E-state index contributed by atoms with van der Waals surface area (Å²) in [4.78, 5) is 13.9. The summed E-state index contributed by atoms with van der Waals surface area (Å²) >= 11 is 12.4. The standard InChI is InChI=1S/C13H10Br2ClNO2/c1-17(7-9-3-5-12(15)19-9)13(18)10-4-2-8(16)6-11(10)14/h2-6H,7H2,1H3. The summed E-state index contributed by atoms with van der Waals surface area (Å²) in [6, 6.07) is 8.71. The van der Waals surface area contributed by atoms with Crippen LogP contribution in [0.2, 0.25) is 5.02 Å². The Morgan fingerprint density at radius 2 is 2.05 bits per heavy atom. The Labute approximate surface area is 132 Å². The quantitative estimate of drug-likeness (QED) is 0.737. The molecule has 3 nitrogen and oxygen atoms in total. The van der Waals surface area contributed by atoms with E-state index >= 15 is 0 Å². The molecule has 1 aromatic heterocycles. The fraction of sp³-hybridized carbons (Fsp3) is 0.154. The third-order valence-electron chi connectivity index (χ3n) is 2.53. The van der Waals surface area contributed by atoms with Crippen molar-refractivity contribution in [3.8, 4) is 0 Å². The van der Waals surface area contributed by atoms with E-state index in [-0.39, 0.29) is 5.91 Å². The Kier molecular flexibility index (Phi) is 4.71. The topological polar surface area (TPSA) is 33.5 Å². The molecule has 0 atom stereocenters. The first-order valence-electron chi connectivity index (χ1n) is 5.42. The van der Waals surface area contributed by atoms with Gasteiger partial charge in [0.1, 0.15) is 5.76 Å². The molecule has 1 heterocycles. The van der Waals surface area contributed by atoms with Crippen LogP contribution in [0.3, 0.4) is 0 Å². The summed E-state index contributed by atoms with van der Waals surface area (Å²) in [6.07, 6.45) is 0. The van der Waals surface area contributed by atoms with Crippen LogP contribution in [0.1, 0.15) is 16.1 Å². The lowest BCUT2D eigenvalue weighted by Crippen LogP contribution is -2.26. The fourth-order valence-electron chi connectivity index (χ4n) is 1.61. The maximum atomic E-state index is 12.3. The van der Waals surface area contributed by atoms with E-state index in [2.05, 4.69) is 31.9 Å². The largest absolute Gasteiger partial charge is 0.452 e. The van der Waals surface area contributed by atoms with Crippen LogP contribution in [0.4, 0.5) is 0 Å². The molecule has 0 fully saturated rings. The van der Waals surface area contributed by atoms with Gasteiger partial charge in [-0.3, -0.25) is 4.79 Å². The Morgan fingerprint density at radius 3 is 2.63 bits per heavy atom. The Bertz CT molecular complexity index is 612. The van der Waals surface area contributed by atoms with Crippen LogP contribution in [0, 0.1) is 0 Å². The molecule has 0 N–H and O–H groups in total. The minimum absolute atomic E-state index is 0.101. The second kappa shape index (κ2) is 6.11. The Morgan fingerprint density at radius 1 is 1.32 bits per heavy atom. The smallest absolute Gasteiger partial charge is 0.255 e. The molecule has 0 aliphatic carbocycles. The molecule has 0 radical (unpaired) electrons. The molecule has 0 aliphatic rings. The average Bonchev–Trinajstić information content (AvgIpc) is 2.74. The van der Waals surface area contributed by atoms with Gasteiger partial charge in [-0.25, -0.2) is 0 Å². The second-order valence-electron chi connectivity index (χ2n) is 3.99. The van der Waals surface area contributed by atoms with Crippen LogP contribution < -0.4 is 0 Å². The third-order valence-corrected chi connectivity index (χ3v) is 3.85. The molecule has 2 rings (SSSR count). The molecule has 19 heavy (non-hydrogen) atoms. The first-order valence-corrected chi connectivity index (χ1v) is 7.38. The monoisotopic (exact) mass is 405 g/mol. The number of hydrogen-bond acceptors (Lipinski definition) is 2. The van der Waals surface area contributed by atoms with Crippen LogP contribution in [-0.2, 0) is 6.54 Å². The number of halogens is 3. The number of rotatable bonds is 3. The van der Waals surface area contributed by atoms with Gasteiger partial charge >= 0.3 is 0 Å². The lowest BCUT2D eigenvalue weighted by atomic mass is 10.2. The lowest BCUT2D eigenvalue weighted by molar-refractivity contribution is 0.0774. The Balaban J connectivity index is 2.14. The van der Waals surface area contributed by atoms with Crippen molar-refractivity contribution in [1.82, 2.24) is 4.90 Å². The van der Waals surface area contributed by atoms with Crippen LogP contribution >= 0.6 is 43.5 Å². The van der Waals surface area contributed by atoms with Crippen molar-refractivity contribution in [1.29, 1.82) is 0 Å². The molecule has 0 bridgehead atoms. The van der Waals surface area contributed by atoms with Gasteiger partial charge in [0.05, 0.1) is 12.1 Å². The maximum absolute atomic E-state index is 12.3. The molecule has 0 unspecified atom stereocenters. The van der Waals surface area contributed by atoms with Gasteiger partial charge in [-0.1, -0.05) is 11.6 Å². The maximum Gasteiger partial charge on any atom is 0.255 e. The summed E-state index contributed by atoms with van der Waals surface area (Å²) in [5.41, 5.74) is 0.567. The molecular weight excluding hydrogens is 397 g/mol. The first-order chi connectivity index (χ1) is 8.97. The van der Waals surface area contributed by atoms with Gasteiger partial charge in [-0.05, 0) is 62.2 Å². The van der Waals surface area contributed by atoms with Crippen molar-refractivity contribution in [2.45, 2.75) is 6.54 Å². The summed E-state index contributed by atoms with van der Waals surface area (Å²) in [5, 5.41) is 0.584. The van der Waals surface area contributed by atoms with Gasteiger partial charge in [-0.15, -0.1) is 0 Å². The molecule has 2 aromatic rings. The molecule has 0 saturated heterocycles. The summed E-state index contributed by atoms with van der Waals surface area (Å²) in [6.45, 7) is 0.402. The van der Waals surface area contributed by atoms with Crippen molar-refractivity contribution in [3.63, 3.8) is 0 Å². The van der Waals surface area contributed by atoms with Crippen molar-refractivity contribution < 1.29 is 9.21 Å². The normalized spacial score (nSPS) is 10.5. The number of carbonyl (C=O) groups is 1. The van der Waals surface area contributed by atoms with Crippen molar-refractivity contribution >= 4 is 49.4 Å². The van der Waals surface area contributed by atoms with E-state index in [0.29, 0.717) is 32.0 Å². The highest BCUT2D eigenvalue weighted by molar-refractivity contribution is 9.10. The molecule has 6 heteroatoms. The van der Waals surface area contributed by atoms with Gasteiger partial charge in [-0.2, -0.15) is 0 Å². The Hall–Kier alpha value is -0.780. The van der Waals surface area contributed by atoms with Gasteiger partial charge in [0.2, 0.25) is 0 Å². The van der Waals surface area contributed by atoms with E-state index < -0.39 is 0 Å². The molecule has 1 amide bonds. The van der Waals surface area contributed by atoms with E-state index in [1.807, 2.05) is 6.07 Å². The molecular formula is C13H10Br2ClNO2. The van der Waals surface area contributed by atoms with Gasteiger partial charge in [0.25, 0.3) is 5.91 Å². The summed E-state index contributed by atoms with van der Waals surface area (Å²) < 4.78 is 6.71. The van der Waals surface area contributed by atoms with E-state index in [1.54, 1.807) is 36.2 Å². The fourth-order valence-corrected chi connectivity index (χ4v) is 2.80. The zero-order valence-corrected chi connectivity index (χ0v) is 13.9. The van der Waals surface area contributed by atoms with E-state index in [0.717, 1.165) is 0 Å². The number of furan rings is 1. The third kappa shape index (κ3) is 3.61. The highest BCUT2D eigenvalue weighted by Gasteiger charge is 2.16. The highest BCUT2D eigenvalue weighted by Crippen LogP contribution is 2.23. The minimum Gasteiger partial charge on any atom is -0.452 e. The lowest BCUT2D eigenvalue weighted by Gasteiger charge is -2.16. The van der Waals surface area contributed by atoms with Gasteiger partial charge in [0, 0.05) is 16.5 Å². The molecule has 0 saturated carbocycles. The zero-order chi connectivity index (χ0) is 14.0. The highest BCUT2D eigenvalue weighted by atomic mass is 79.9. The number of carbonyl (C=O) groups excluding carboxylic acids is 1. The predicted molar refractivity (Wildman–Crippen MR) is 81.4 cm³/mol. The van der Waals surface area contributed by atoms with Crippen LogP contribution in [0.5, 0.6) is 0 Å². The molecule has 1 aromatic carbocycles. The second-order valence-corrected chi connectivity index (χ2v) is 6.06. The van der Waals surface area contributed by atoms with E-state index in [4.69, 9.17) is 16.0 Å². The van der Waals surface area contributed by atoms with Crippen molar-refractivity contribution in [2.24, 2.45) is 0 Å². The predicted octanol–water partition coefficient (Wildman–Crippen LogP) is 4.73. The van der Waals surface area contributed by atoms with Crippen LogP contribution in [0.15, 0.2) is 43.9 Å². The minimum atomic E-state index is -0.101. The van der Waals surface area contributed by atoms with Gasteiger partial charge < -0.3 is 9.32 Å². The van der Waals surface area contributed by atoms with Crippen molar-refractivity contribution in [2.75, 3.05) is 7.05 Å². The average molecular weight is 407 g/mol.